The van der Waals surface area contributed by atoms with Crippen LogP contribution in [0.3, 0.4) is 0 Å². The predicted octanol–water partition coefficient (Wildman–Crippen LogP) is 3.77. The fourth-order valence-corrected chi connectivity index (χ4v) is 8.36. The molecule has 1 aromatic heterocycles. The summed E-state index contributed by atoms with van der Waals surface area (Å²) in [6.07, 6.45) is 0. The summed E-state index contributed by atoms with van der Waals surface area (Å²) >= 11 is 12.4. The molecule has 0 aromatic carbocycles. The van der Waals surface area contributed by atoms with Crippen molar-refractivity contribution in [3.8, 4) is 0 Å². The highest BCUT2D eigenvalue weighted by Gasteiger charge is 2.31. The van der Waals surface area contributed by atoms with Crippen LogP contribution in [0.15, 0.2) is 8.42 Å². The lowest BCUT2D eigenvalue weighted by molar-refractivity contribution is 0.167. The molecule has 1 aromatic rings. The van der Waals surface area contributed by atoms with Crippen LogP contribution in [0.1, 0.15) is 0 Å². The zero-order valence-electron chi connectivity index (χ0n) is 8.93. The second-order valence-corrected chi connectivity index (χ2v) is 9.49. The van der Waals surface area contributed by atoms with Crippen LogP contribution in [0.2, 0.25) is 0 Å². The Labute approximate surface area is 117 Å². The predicted molar refractivity (Wildman–Crippen MR) is 76.1 cm³/mol. The molecule has 7 heteroatoms. The summed E-state index contributed by atoms with van der Waals surface area (Å²) in [5.74, 6) is 0. The van der Waals surface area contributed by atoms with Gasteiger partial charge >= 0.3 is 0 Å². The highest BCUT2D eigenvalue weighted by atomic mass is 32.2. The van der Waals surface area contributed by atoms with Gasteiger partial charge in [-0.25, -0.2) is 0 Å². The number of hydrogen-bond acceptors (Lipinski definition) is 7. The first-order valence-electron chi connectivity index (χ1n) is 4.69. The monoisotopic (exact) mass is 312 g/mol. The molecule has 1 aliphatic heterocycles. The Morgan fingerprint density at radius 2 is 1.44 bits per heavy atom. The third-order valence-electron chi connectivity index (χ3n) is 2.11. The maximum Gasteiger partial charge on any atom is 0.145 e. The van der Waals surface area contributed by atoms with Gasteiger partial charge in [0, 0.05) is 24.7 Å². The van der Waals surface area contributed by atoms with Gasteiger partial charge in [-0.2, -0.15) is 0 Å². The molecule has 0 spiro atoms. The number of hydrogen-bond donors (Lipinski definition) is 0. The zero-order chi connectivity index (χ0) is 11.5. The molecule has 0 N–H and O–H groups in total. The molecule has 1 aliphatic rings. The van der Waals surface area contributed by atoms with Crippen LogP contribution in [0.4, 0.5) is 0 Å². The summed E-state index contributed by atoms with van der Waals surface area (Å²) in [6, 6.07) is 0. The van der Waals surface area contributed by atoms with Gasteiger partial charge in [0.1, 0.15) is 3.14 Å². The van der Waals surface area contributed by atoms with Gasteiger partial charge in [-0.05, 0) is 0 Å². The van der Waals surface area contributed by atoms with E-state index in [1.54, 1.807) is 36.9 Å². The molecule has 2 rings (SSSR count). The normalized spacial score (nSPS) is 24.4. The fraction of sp³-hybridized carbons (Fsp3) is 0.667. The number of fused-ring (bicyclic) bond motifs is 1. The van der Waals surface area contributed by atoms with Crippen LogP contribution < -0.4 is 0 Å². The Morgan fingerprint density at radius 1 is 1.00 bits per heavy atom. The molecule has 0 aliphatic carbocycles. The highest BCUT2D eigenvalue weighted by molar-refractivity contribution is 8.09. The van der Waals surface area contributed by atoms with E-state index in [-0.39, 0.29) is 0 Å². The van der Waals surface area contributed by atoms with Crippen molar-refractivity contribution in [2.75, 3.05) is 27.4 Å². The standard InChI is InChI=1S/C9H12O2S5/c1-10-3-5-6(4-11-2)14-8-7(13-5)15-9(12)16-8/h5-6H,3-4H2,1-2H3/t5-,6-/m1/s1. The molecule has 0 radical (unpaired) electrons. The van der Waals surface area contributed by atoms with Crippen LogP contribution >= 0.6 is 58.4 Å². The summed E-state index contributed by atoms with van der Waals surface area (Å²) < 4.78 is 14.3. The Kier molecular flexibility index (Phi) is 5.14. The van der Waals surface area contributed by atoms with Gasteiger partial charge in [0.05, 0.1) is 21.6 Å². The van der Waals surface area contributed by atoms with Crippen LogP contribution in [0.25, 0.3) is 0 Å². The molecule has 0 saturated carbocycles. The molecule has 2 atom stereocenters. The number of ether oxygens (including phenoxy) is 2. The molecule has 2 nitrogen and oxygen atoms in total. The fourth-order valence-electron chi connectivity index (χ4n) is 1.44. The van der Waals surface area contributed by atoms with E-state index in [1.165, 1.54) is 8.42 Å². The third kappa shape index (κ3) is 3.01. The van der Waals surface area contributed by atoms with Gasteiger partial charge in [-0.3, -0.25) is 0 Å². The first-order chi connectivity index (χ1) is 7.74. The smallest absolute Gasteiger partial charge is 0.145 e. The van der Waals surface area contributed by atoms with Crippen molar-refractivity contribution in [2.24, 2.45) is 0 Å². The quantitative estimate of drug-likeness (QED) is 0.786. The van der Waals surface area contributed by atoms with Gasteiger partial charge < -0.3 is 9.47 Å². The Bertz CT molecular complexity index is 364. The third-order valence-corrected chi connectivity index (χ3v) is 8.36. The van der Waals surface area contributed by atoms with Crippen molar-refractivity contribution >= 4 is 58.4 Å². The van der Waals surface area contributed by atoms with E-state index in [0.717, 1.165) is 16.4 Å². The lowest BCUT2D eigenvalue weighted by atomic mass is 10.3. The topological polar surface area (TPSA) is 18.5 Å². The molecule has 90 valence electrons. The molecular weight excluding hydrogens is 300 g/mol. The largest absolute Gasteiger partial charge is 0.383 e. The minimum atomic E-state index is 0.461. The highest BCUT2D eigenvalue weighted by Crippen LogP contribution is 2.50. The van der Waals surface area contributed by atoms with Crippen molar-refractivity contribution in [3.05, 3.63) is 3.14 Å². The van der Waals surface area contributed by atoms with Gasteiger partial charge in [0.2, 0.25) is 0 Å². The van der Waals surface area contributed by atoms with Crippen molar-refractivity contribution < 1.29 is 9.47 Å². The van der Waals surface area contributed by atoms with Crippen molar-refractivity contribution in [1.29, 1.82) is 0 Å². The Morgan fingerprint density at radius 3 is 1.81 bits per heavy atom. The van der Waals surface area contributed by atoms with E-state index < -0.39 is 0 Å². The Hall–Kier alpha value is 0.890. The second-order valence-electron chi connectivity index (χ2n) is 3.25. The van der Waals surface area contributed by atoms with Gasteiger partial charge in [0.15, 0.2) is 0 Å². The molecule has 0 amide bonds. The van der Waals surface area contributed by atoms with Crippen LogP contribution in [0.5, 0.6) is 0 Å². The Balaban J connectivity index is 2.18. The molecular formula is C9H12O2S5. The summed E-state index contributed by atoms with van der Waals surface area (Å²) in [7, 11) is 3.50. The minimum absolute atomic E-state index is 0.461. The molecule has 0 unspecified atom stereocenters. The number of thioether (sulfide) groups is 2. The van der Waals surface area contributed by atoms with Crippen molar-refractivity contribution in [1.82, 2.24) is 0 Å². The van der Waals surface area contributed by atoms with Crippen LogP contribution in [-0.4, -0.2) is 37.9 Å². The van der Waals surface area contributed by atoms with Crippen LogP contribution in [-0.2, 0) is 9.47 Å². The number of methoxy groups -OCH3 is 2. The molecule has 2 heterocycles. The maximum absolute atomic E-state index is 5.27. The molecule has 0 bridgehead atoms. The van der Waals surface area contributed by atoms with E-state index in [4.69, 9.17) is 21.7 Å². The van der Waals surface area contributed by atoms with Gasteiger partial charge in [0.25, 0.3) is 0 Å². The molecule has 16 heavy (non-hydrogen) atoms. The maximum atomic E-state index is 5.27. The van der Waals surface area contributed by atoms with Gasteiger partial charge in [-0.1, -0.05) is 12.2 Å². The van der Waals surface area contributed by atoms with E-state index in [2.05, 4.69) is 0 Å². The lowest BCUT2D eigenvalue weighted by Gasteiger charge is -2.28. The summed E-state index contributed by atoms with van der Waals surface area (Å²) in [4.78, 5) is 0. The molecule has 0 saturated heterocycles. The SMILES string of the molecule is COC[C@H]1Sc2sc(=S)sc2S[C@@H]1COC. The average molecular weight is 313 g/mol. The van der Waals surface area contributed by atoms with Crippen molar-refractivity contribution in [3.63, 3.8) is 0 Å². The minimum Gasteiger partial charge on any atom is -0.383 e. The first-order valence-corrected chi connectivity index (χ1v) is 8.49. The van der Waals surface area contributed by atoms with Crippen LogP contribution in [0, 0.1) is 3.14 Å². The first kappa shape index (κ1) is 13.3. The van der Waals surface area contributed by atoms with E-state index in [9.17, 15) is 0 Å². The summed E-state index contributed by atoms with van der Waals surface area (Å²) in [6.45, 7) is 1.53. The van der Waals surface area contributed by atoms with Gasteiger partial charge in [-0.15, -0.1) is 46.2 Å². The van der Waals surface area contributed by atoms with E-state index >= 15 is 0 Å². The lowest BCUT2D eigenvalue weighted by Crippen LogP contribution is -2.30. The molecule has 0 fully saturated rings. The second kappa shape index (κ2) is 6.17. The number of rotatable bonds is 4. The zero-order valence-corrected chi connectivity index (χ0v) is 13.0. The van der Waals surface area contributed by atoms with E-state index in [0.29, 0.717) is 10.5 Å². The average Bonchev–Trinajstić information content (AvgIpc) is 2.58. The summed E-state index contributed by atoms with van der Waals surface area (Å²) in [5, 5.41) is 0.922. The van der Waals surface area contributed by atoms with Crippen molar-refractivity contribution in [2.45, 2.75) is 18.9 Å². The van der Waals surface area contributed by atoms with E-state index in [1.807, 2.05) is 23.5 Å². The summed E-state index contributed by atoms with van der Waals surface area (Å²) in [5.41, 5.74) is 0.